The number of pyridine rings is 1. The standard InChI is InChI=1S/C14H14BrClN2S/c1-2-17-9-10-8-11(16)5-6-13(10)19-14-12(15)4-3-7-18-14/h3-8,17H,2,9H2,1H3. The molecule has 0 saturated heterocycles. The fourth-order valence-electron chi connectivity index (χ4n) is 1.60. The van der Waals surface area contributed by atoms with Gasteiger partial charge in [0.25, 0.3) is 0 Å². The molecule has 100 valence electrons. The highest BCUT2D eigenvalue weighted by Gasteiger charge is 2.08. The Morgan fingerprint density at radius 3 is 2.95 bits per heavy atom. The van der Waals surface area contributed by atoms with Crippen molar-refractivity contribution in [1.29, 1.82) is 0 Å². The van der Waals surface area contributed by atoms with E-state index in [1.54, 1.807) is 18.0 Å². The van der Waals surface area contributed by atoms with E-state index in [4.69, 9.17) is 11.6 Å². The van der Waals surface area contributed by atoms with Gasteiger partial charge in [0.05, 0.1) is 4.47 Å². The number of nitrogens with one attached hydrogen (secondary N) is 1. The number of nitrogens with zero attached hydrogens (tertiary/aromatic N) is 1. The summed E-state index contributed by atoms with van der Waals surface area (Å²) < 4.78 is 1.00. The first-order valence-corrected chi connectivity index (χ1v) is 7.97. The first kappa shape index (κ1) is 14.9. The fraction of sp³-hybridized carbons (Fsp3) is 0.214. The van der Waals surface area contributed by atoms with Gasteiger partial charge < -0.3 is 5.32 Å². The molecule has 0 aliphatic rings. The number of halogens is 2. The van der Waals surface area contributed by atoms with E-state index in [1.165, 1.54) is 10.5 Å². The summed E-state index contributed by atoms with van der Waals surface area (Å²) >= 11 is 11.2. The number of rotatable bonds is 5. The second kappa shape index (κ2) is 7.29. The maximum Gasteiger partial charge on any atom is 0.115 e. The van der Waals surface area contributed by atoms with Crippen LogP contribution in [0.15, 0.2) is 50.9 Å². The SMILES string of the molecule is CCNCc1cc(Cl)ccc1Sc1ncccc1Br. The van der Waals surface area contributed by atoms with Crippen molar-refractivity contribution in [3.8, 4) is 0 Å². The molecule has 0 bridgehead atoms. The second-order valence-electron chi connectivity index (χ2n) is 3.92. The molecule has 0 aliphatic heterocycles. The molecule has 1 heterocycles. The van der Waals surface area contributed by atoms with Crippen molar-refractivity contribution >= 4 is 39.3 Å². The lowest BCUT2D eigenvalue weighted by Crippen LogP contribution is -2.12. The largest absolute Gasteiger partial charge is 0.313 e. The summed E-state index contributed by atoms with van der Waals surface area (Å²) in [5, 5.41) is 5.05. The molecule has 19 heavy (non-hydrogen) atoms. The van der Waals surface area contributed by atoms with Crippen molar-refractivity contribution in [1.82, 2.24) is 10.3 Å². The molecule has 1 N–H and O–H groups in total. The molecule has 2 nitrogen and oxygen atoms in total. The van der Waals surface area contributed by atoms with Gasteiger partial charge in [0.2, 0.25) is 0 Å². The molecular formula is C14H14BrClN2S. The zero-order chi connectivity index (χ0) is 13.7. The molecular weight excluding hydrogens is 344 g/mol. The highest BCUT2D eigenvalue weighted by Crippen LogP contribution is 2.34. The molecule has 0 saturated carbocycles. The van der Waals surface area contributed by atoms with Crippen LogP contribution in [0.25, 0.3) is 0 Å². The normalized spacial score (nSPS) is 10.7. The lowest BCUT2D eigenvalue weighted by atomic mass is 10.2. The Kier molecular flexibility index (Phi) is 5.70. The monoisotopic (exact) mass is 356 g/mol. The zero-order valence-corrected chi connectivity index (χ0v) is 13.6. The van der Waals surface area contributed by atoms with E-state index in [0.717, 1.165) is 27.6 Å². The lowest BCUT2D eigenvalue weighted by Gasteiger charge is -2.10. The van der Waals surface area contributed by atoms with Gasteiger partial charge in [-0.25, -0.2) is 4.98 Å². The summed E-state index contributed by atoms with van der Waals surface area (Å²) in [5.74, 6) is 0. The van der Waals surface area contributed by atoms with Crippen LogP contribution in [0.4, 0.5) is 0 Å². The molecule has 0 spiro atoms. The Morgan fingerprint density at radius 1 is 1.37 bits per heavy atom. The van der Waals surface area contributed by atoms with Gasteiger partial charge in [-0.05, 0) is 58.4 Å². The molecule has 0 aliphatic carbocycles. The number of hydrogen-bond acceptors (Lipinski definition) is 3. The Morgan fingerprint density at radius 2 is 2.21 bits per heavy atom. The van der Waals surface area contributed by atoms with Crippen LogP contribution < -0.4 is 5.32 Å². The van der Waals surface area contributed by atoms with E-state index < -0.39 is 0 Å². The minimum Gasteiger partial charge on any atom is -0.313 e. The van der Waals surface area contributed by atoms with Crippen molar-refractivity contribution in [3.63, 3.8) is 0 Å². The predicted molar refractivity (Wildman–Crippen MR) is 84.9 cm³/mol. The van der Waals surface area contributed by atoms with Crippen LogP contribution in [0.1, 0.15) is 12.5 Å². The van der Waals surface area contributed by atoms with Crippen molar-refractivity contribution in [2.24, 2.45) is 0 Å². The van der Waals surface area contributed by atoms with E-state index in [9.17, 15) is 0 Å². The van der Waals surface area contributed by atoms with Crippen LogP contribution in [0.2, 0.25) is 5.02 Å². The van der Waals surface area contributed by atoms with E-state index in [2.05, 4.69) is 33.2 Å². The predicted octanol–water partition coefficient (Wildman–Crippen LogP) is 4.76. The lowest BCUT2D eigenvalue weighted by molar-refractivity contribution is 0.718. The summed E-state index contributed by atoms with van der Waals surface area (Å²) in [5.41, 5.74) is 1.19. The summed E-state index contributed by atoms with van der Waals surface area (Å²) in [6.07, 6.45) is 1.80. The number of aromatic nitrogens is 1. The third kappa shape index (κ3) is 4.21. The van der Waals surface area contributed by atoms with Crippen LogP contribution in [0.5, 0.6) is 0 Å². The van der Waals surface area contributed by atoms with Gasteiger partial charge in [-0.2, -0.15) is 0 Å². The minimum atomic E-state index is 0.761. The van der Waals surface area contributed by atoms with Gasteiger partial charge in [0.15, 0.2) is 0 Å². The Labute approximate surface area is 131 Å². The molecule has 0 amide bonds. The molecule has 1 aromatic heterocycles. The van der Waals surface area contributed by atoms with Crippen LogP contribution in [0, 0.1) is 0 Å². The molecule has 0 radical (unpaired) electrons. The quantitative estimate of drug-likeness (QED) is 0.835. The topological polar surface area (TPSA) is 24.9 Å². The molecule has 5 heteroatoms. The van der Waals surface area contributed by atoms with E-state index in [0.29, 0.717) is 0 Å². The van der Waals surface area contributed by atoms with Crippen LogP contribution in [-0.2, 0) is 6.54 Å². The van der Waals surface area contributed by atoms with Gasteiger partial charge in [-0.3, -0.25) is 0 Å². The summed E-state index contributed by atoms with van der Waals surface area (Å²) in [4.78, 5) is 5.55. The molecule has 0 fully saturated rings. The first-order valence-electron chi connectivity index (χ1n) is 5.98. The molecule has 2 rings (SSSR count). The minimum absolute atomic E-state index is 0.761. The van der Waals surface area contributed by atoms with E-state index in [1.807, 2.05) is 30.3 Å². The summed E-state index contributed by atoms with van der Waals surface area (Å²) in [7, 11) is 0. The van der Waals surface area contributed by atoms with Crippen molar-refractivity contribution < 1.29 is 0 Å². The Hall–Kier alpha value is -0.550. The van der Waals surface area contributed by atoms with Crippen molar-refractivity contribution in [2.45, 2.75) is 23.4 Å². The summed E-state index contributed by atoms with van der Waals surface area (Å²) in [6, 6.07) is 9.87. The Balaban J connectivity index is 2.26. The first-order chi connectivity index (χ1) is 9.20. The van der Waals surface area contributed by atoms with Gasteiger partial charge in [-0.15, -0.1) is 0 Å². The van der Waals surface area contributed by atoms with Crippen LogP contribution in [0.3, 0.4) is 0 Å². The third-order valence-corrected chi connectivity index (χ3v) is 4.79. The van der Waals surface area contributed by atoms with Gasteiger partial charge in [0.1, 0.15) is 5.03 Å². The van der Waals surface area contributed by atoms with Crippen molar-refractivity contribution in [2.75, 3.05) is 6.54 Å². The van der Waals surface area contributed by atoms with Crippen molar-refractivity contribution in [3.05, 3.63) is 51.6 Å². The second-order valence-corrected chi connectivity index (χ2v) is 6.25. The maximum atomic E-state index is 6.07. The van der Waals surface area contributed by atoms with E-state index >= 15 is 0 Å². The molecule has 0 unspecified atom stereocenters. The summed E-state index contributed by atoms with van der Waals surface area (Å²) in [6.45, 7) is 3.83. The molecule has 1 aromatic carbocycles. The van der Waals surface area contributed by atoms with Gasteiger partial charge in [0, 0.05) is 22.7 Å². The Bertz CT molecular complexity index is 563. The molecule has 2 aromatic rings. The fourth-order valence-corrected chi connectivity index (χ4v) is 3.17. The number of benzene rings is 1. The smallest absolute Gasteiger partial charge is 0.115 e. The average Bonchev–Trinajstić information content (AvgIpc) is 2.41. The van der Waals surface area contributed by atoms with E-state index in [-0.39, 0.29) is 0 Å². The van der Waals surface area contributed by atoms with Crippen LogP contribution in [-0.4, -0.2) is 11.5 Å². The maximum absolute atomic E-state index is 6.07. The van der Waals surface area contributed by atoms with Gasteiger partial charge in [-0.1, -0.05) is 30.3 Å². The number of hydrogen-bond donors (Lipinski definition) is 1. The zero-order valence-electron chi connectivity index (χ0n) is 10.5. The molecule has 0 atom stereocenters. The van der Waals surface area contributed by atoms with Crippen LogP contribution >= 0.6 is 39.3 Å². The van der Waals surface area contributed by atoms with Gasteiger partial charge >= 0.3 is 0 Å². The highest BCUT2D eigenvalue weighted by molar-refractivity contribution is 9.10. The average molecular weight is 358 g/mol. The third-order valence-electron chi connectivity index (χ3n) is 2.52. The highest BCUT2D eigenvalue weighted by atomic mass is 79.9.